The van der Waals surface area contributed by atoms with Crippen molar-refractivity contribution in [3.05, 3.63) is 41.6 Å². The summed E-state index contributed by atoms with van der Waals surface area (Å²) >= 11 is 0. The molecule has 0 saturated carbocycles. The van der Waals surface area contributed by atoms with E-state index in [0.29, 0.717) is 5.69 Å². The van der Waals surface area contributed by atoms with E-state index in [1.54, 1.807) is 24.3 Å². The number of carbonyl (C=O) groups is 2. The molecule has 92 valence electrons. The number of methoxy groups -OCH3 is 1. The van der Waals surface area contributed by atoms with Gasteiger partial charge in [-0.05, 0) is 23.8 Å². The van der Waals surface area contributed by atoms with Crippen LogP contribution in [0.3, 0.4) is 0 Å². The first-order chi connectivity index (χ1) is 8.60. The third kappa shape index (κ3) is 2.40. The normalized spacial score (nSPS) is 10.9. The molecule has 0 radical (unpaired) electrons. The van der Waals surface area contributed by atoms with Gasteiger partial charge in [0.15, 0.2) is 0 Å². The van der Waals surface area contributed by atoms with Crippen molar-refractivity contribution in [2.75, 3.05) is 7.11 Å². The number of esters is 1. The number of hydrogen-bond acceptors (Lipinski definition) is 3. The Balaban J connectivity index is 2.39. The highest BCUT2D eigenvalue weighted by molar-refractivity contribution is 5.95. The largest absolute Gasteiger partial charge is 0.478 e. The fraction of sp³-hybridized carbons (Fsp3) is 0.0769. The topological polar surface area (TPSA) is 79.4 Å². The molecule has 0 unspecified atom stereocenters. The summed E-state index contributed by atoms with van der Waals surface area (Å²) in [5.74, 6) is -1.44. The molecule has 2 aromatic rings. The van der Waals surface area contributed by atoms with E-state index in [4.69, 9.17) is 5.11 Å². The van der Waals surface area contributed by atoms with Crippen LogP contribution in [0, 0.1) is 0 Å². The van der Waals surface area contributed by atoms with Crippen molar-refractivity contribution < 1.29 is 19.4 Å². The predicted octanol–water partition coefficient (Wildman–Crippen LogP) is 2.05. The van der Waals surface area contributed by atoms with Gasteiger partial charge in [0.1, 0.15) is 5.69 Å². The number of carbonyl (C=O) groups excluding carboxylic acids is 1. The predicted molar refractivity (Wildman–Crippen MR) is 66.3 cm³/mol. The van der Waals surface area contributed by atoms with Crippen LogP contribution < -0.4 is 0 Å². The molecule has 0 atom stereocenters. The van der Waals surface area contributed by atoms with Crippen LogP contribution in [0.1, 0.15) is 16.1 Å². The number of aliphatic carboxylic acids is 1. The van der Waals surface area contributed by atoms with E-state index in [-0.39, 0.29) is 0 Å². The summed E-state index contributed by atoms with van der Waals surface area (Å²) in [6, 6.07) is 7.03. The number of H-pyrrole nitrogens is 1. The standard InChI is InChI=1S/C13H11NO4/c1-18-13(17)11-7-9-4-2-8(3-5-12(15)16)6-10(9)14-11/h2-7,14H,1H3,(H,15,16). The number of fused-ring (bicyclic) bond motifs is 1. The quantitative estimate of drug-likeness (QED) is 0.640. The third-order valence-electron chi connectivity index (χ3n) is 2.47. The molecular weight excluding hydrogens is 234 g/mol. The molecule has 1 aromatic carbocycles. The highest BCUT2D eigenvalue weighted by Crippen LogP contribution is 2.18. The lowest BCUT2D eigenvalue weighted by atomic mass is 10.1. The Bertz CT molecular complexity index is 639. The molecule has 0 amide bonds. The van der Waals surface area contributed by atoms with Gasteiger partial charge in [-0.2, -0.15) is 0 Å². The minimum absolute atomic E-state index is 0.367. The van der Waals surface area contributed by atoms with Crippen LogP contribution in [0.25, 0.3) is 17.0 Å². The van der Waals surface area contributed by atoms with Gasteiger partial charge in [0.2, 0.25) is 0 Å². The first-order valence-corrected chi connectivity index (χ1v) is 5.22. The molecule has 0 bridgehead atoms. The van der Waals surface area contributed by atoms with Gasteiger partial charge in [0.05, 0.1) is 7.11 Å². The number of carboxylic acid groups (broad SMARTS) is 1. The maximum Gasteiger partial charge on any atom is 0.354 e. The van der Waals surface area contributed by atoms with Crippen molar-refractivity contribution in [2.45, 2.75) is 0 Å². The second kappa shape index (κ2) is 4.75. The van der Waals surface area contributed by atoms with E-state index in [2.05, 4.69) is 9.72 Å². The number of benzene rings is 1. The third-order valence-corrected chi connectivity index (χ3v) is 2.47. The van der Waals surface area contributed by atoms with Crippen LogP contribution in [0.5, 0.6) is 0 Å². The molecule has 0 aliphatic carbocycles. The lowest BCUT2D eigenvalue weighted by molar-refractivity contribution is -0.131. The maximum absolute atomic E-state index is 11.3. The smallest absolute Gasteiger partial charge is 0.354 e. The molecule has 0 saturated heterocycles. The Kier molecular flexibility index (Phi) is 3.14. The van der Waals surface area contributed by atoms with Crippen molar-refractivity contribution in [1.29, 1.82) is 0 Å². The Hall–Kier alpha value is -2.56. The molecule has 0 spiro atoms. The lowest BCUT2D eigenvalue weighted by Gasteiger charge is -1.94. The van der Waals surface area contributed by atoms with Crippen molar-refractivity contribution in [1.82, 2.24) is 4.98 Å². The van der Waals surface area contributed by atoms with Gasteiger partial charge in [-0.3, -0.25) is 0 Å². The zero-order valence-corrected chi connectivity index (χ0v) is 9.64. The van der Waals surface area contributed by atoms with Crippen LogP contribution in [0.4, 0.5) is 0 Å². The fourth-order valence-electron chi connectivity index (χ4n) is 1.64. The summed E-state index contributed by atoms with van der Waals surface area (Å²) in [4.78, 5) is 24.7. The van der Waals surface area contributed by atoms with Gasteiger partial charge in [0.25, 0.3) is 0 Å². The minimum Gasteiger partial charge on any atom is -0.478 e. The summed E-state index contributed by atoms with van der Waals surface area (Å²) in [5, 5.41) is 9.40. The van der Waals surface area contributed by atoms with E-state index >= 15 is 0 Å². The molecule has 0 fully saturated rings. The van der Waals surface area contributed by atoms with E-state index < -0.39 is 11.9 Å². The second-order valence-corrected chi connectivity index (χ2v) is 3.69. The number of rotatable bonds is 3. The number of carboxylic acids is 1. The summed E-state index contributed by atoms with van der Waals surface area (Å²) in [7, 11) is 1.31. The van der Waals surface area contributed by atoms with Crippen LogP contribution >= 0.6 is 0 Å². The highest BCUT2D eigenvalue weighted by Gasteiger charge is 2.08. The Morgan fingerprint density at radius 3 is 2.78 bits per heavy atom. The first kappa shape index (κ1) is 11.9. The van der Waals surface area contributed by atoms with Crippen molar-refractivity contribution >= 4 is 28.9 Å². The molecule has 0 aliphatic rings. The van der Waals surface area contributed by atoms with E-state index in [1.165, 1.54) is 13.2 Å². The number of ether oxygens (including phenoxy) is 1. The Morgan fingerprint density at radius 1 is 1.33 bits per heavy atom. The number of aromatic amines is 1. The van der Waals surface area contributed by atoms with E-state index in [1.807, 2.05) is 0 Å². The van der Waals surface area contributed by atoms with Crippen LogP contribution in [-0.2, 0) is 9.53 Å². The molecule has 5 nitrogen and oxygen atoms in total. The number of aromatic nitrogens is 1. The fourth-order valence-corrected chi connectivity index (χ4v) is 1.64. The zero-order valence-electron chi connectivity index (χ0n) is 9.64. The molecule has 2 rings (SSSR count). The molecule has 18 heavy (non-hydrogen) atoms. The Labute approximate surface area is 103 Å². The number of nitrogens with one attached hydrogen (secondary N) is 1. The highest BCUT2D eigenvalue weighted by atomic mass is 16.5. The van der Waals surface area contributed by atoms with Crippen LogP contribution in [0.2, 0.25) is 0 Å². The van der Waals surface area contributed by atoms with Gasteiger partial charge >= 0.3 is 11.9 Å². The summed E-state index contributed by atoms with van der Waals surface area (Å²) < 4.78 is 4.61. The van der Waals surface area contributed by atoms with Crippen LogP contribution in [0.15, 0.2) is 30.3 Å². The van der Waals surface area contributed by atoms with Gasteiger partial charge in [0, 0.05) is 17.0 Å². The average Bonchev–Trinajstić information content (AvgIpc) is 2.78. The van der Waals surface area contributed by atoms with Crippen molar-refractivity contribution in [3.8, 4) is 0 Å². The second-order valence-electron chi connectivity index (χ2n) is 3.69. The zero-order chi connectivity index (χ0) is 13.1. The average molecular weight is 245 g/mol. The van der Waals surface area contributed by atoms with Gasteiger partial charge in [-0.25, -0.2) is 9.59 Å². The molecule has 1 aromatic heterocycles. The minimum atomic E-state index is -1.00. The van der Waals surface area contributed by atoms with Gasteiger partial charge < -0.3 is 14.8 Å². The van der Waals surface area contributed by atoms with Crippen LogP contribution in [-0.4, -0.2) is 29.1 Å². The Morgan fingerprint density at radius 2 is 2.11 bits per heavy atom. The maximum atomic E-state index is 11.3. The summed E-state index contributed by atoms with van der Waals surface area (Å²) in [6.45, 7) is 0. The van der Waals surface area contributed by atoms with Crippen molar-refractivity contribution in [2.24, 2.45) is 0 Å². The van der Waals surface area contributed by atoms with E-state index in [0.717, 1.165) is 22.5 Å². The molecule has 0 aliphatic heterocycles. The van der Waals surface area contributed by atoms with Gasteiger partial charge in [-0.1, -0.05) is 12.1 Å². The molecule has 2 N–H and O–H groups in total. The van der Waals surface area contributed by atoms with Crippen molar-refractivity contribution in [3.63, 3.8) is 0 Å². The molecule has 5 heteroatoms. The SMILES string of the molecule is COC(=O)c1cc2ccc(C=CC(=O)O)cc2[nH]1. The monoisotopic (exact) mass is 245 g/mol. The summed E-state index contributed by atoms with van der Waals surface area (Å²) in [5.41, 5.74) is 1.86. The van der Waals surface area contributed by atoms with Gasteiger partial charge in [-0.15, -0.1) is 0 Å². The lowest BCUT2D eigenvalue weighted by Crippen LogP contribution is -2.00. The summed E-state index contributed by atoms with van der Waals surface area (Å²) in [6.07, 6.45) is 2.55. The molecular formula is C13H11NO4. The number of hydrogen-bond donors (Lipinski definition) is 2. The first-order valence-electron chi connectivity index (χ1n) is 5.22. The van der Waals surface area contributed by atoms with E-state index in [9.17, 15) is 9.59 Å². The molecule has 1 heterocycles.